The zero-order chi connectivity index (χ0) is 26.3. The van der Waals surface area contributed by atoms with Crippen molar-refractivity contribution in [3.05, 3.63) is 75.8 Å². The summed E-state index contributed by atoms with van der Waals surface area (Å²) in [5.41, 5.74) is 4.24. The van der Waals surface area contributed by atoms with E-state index in [2.05, 4.69) is 42.5 Å². The molecular weight excluding hydrogens is 493 g/mol. The molecule has 2 heterocycles. The molecule has 1 aliphatic heterocycles. The molecule has 1 fully saturated rings. The van der Waals surface area contributed by atoms with E-state index in [1.54, 1.807) is 0 Å². The SMILES string of the molecule is O=[N+]([O-])c1ccc(/C=N\Nc2nc(OCC(F)(F)F)nc(N3CCN(Cc4ccccc4)CC3)n2)cc1. The smallest absolute Gasteiger partial charge is 0.422 e. The molecule has 4 rings (SSSR count). The quantitative estimate of drug-likeness (QED) is 0.259. The van der Waals surface area contributed by atoms with Gasteiger partial charge in [0.15, 0.2) is 6.61 Å². The molecule has 194 valence electrons. The number of hydrogen-bond acceptors (Lipinski definition) is 10. The first-order valence-electron chi connectivity index (χ1n) is 11.3. The number of rotatable bonds is 9. The average Bonchev–Trinajstić information content (AvgIpc) is 2.88. The number of ether oxygens (including phenoxy) is 1. The molecule has 0 spiro atoms. The Morgan fingerprint density at radius 2 is 1.73 bits per heavy atom. The average molecular weight is 516 g/mol. The van der Waals surface area contributed by atoms with Crippen molar-refractivity contribution in [1.82, 2.24) is 19.9 Å². The first-order valence-corrected chi connectivity index (χ1v) is 11.3. The van der Waals surface area contributed by atoms with E-state index in [1.165, 1.54) is 36.0 Å². The van der Waals surface area contributed by atoms with Gasteiger partial charge in [0.1, 0.15) is 0 Å². The van der Waals surface area contributed by atoms with E-state index in [4.69, 9.17) is 4.74 Å². The van der Waals surface area contributed by atoms with E-state index in [0.29, 0.717) is 31.7 Å². The minimum atomic E-state index is -4.56. The lowest BCUT2D eigenvalue weighted by molar-refractivity contribution is -0.384. The Morgan fingerprint density at radius 3 is 2.38 bits per heavy atom. The Hall–Kier alpha value is -4.33. The van der Waals surface area contributed by atoms with Gasteiger partial charge in [-0.05, 0) is 23.3 Å². The van der Waals surface area contributed by atoms with Crippen LogP contribution >= 0.6 is 0 Å². The van der Waals surface area contributed by atoms with E-state index in [9.17, 15) is 23.3 Å². The van der Waals surface area contributed by atoms with Crippen LogP contribution in [0.5, 0.6) is 6.01 Å². The lowest BCUT2D eigenvalue weighted by Gasteiger charge is -2.34. The highest BCUT2D eigenvalue weighted by molar-refractivity contribution is 5.80. The van der Waals surface area contributed by atoms with Crippen molar-refractivity contribution in [3.8, 4) is 6.01 Å². The van der Waals surface area contributed by atoms with Crippen LogP contribution < -0.4 is 15.1 Å². The van der Waals surface area contributed by atoms with Crippen LogP contribution in [0, 0.1) is 10.1 Å². The number of alkyl halides is 3. The fourth-order valence-corrected chi connectivity index (χ4v) is 3.54. The second-order valence-electron chi connectivity index (χ2n) is 8.11. The summed E-state index contributed by atoms with van der Waals surface area (Å²) in [6, 6.07) is 15.2. The van der Waals surface area contributed by atoms with Crippen molar-refractivity contribution in [2.45, 2.75) is 12.7 Å². The van der Waals surface area contributed by atoms with Crippen molar-refractivity contribution < 1.29 is 22.8 Å². The number of hydrazone groups is 1. The van der Waals surface area contributed by atoms with Crippen LogP contribution in [0.1, 0.15) is 11.1 Å². The lowest BCUT2D eigenvalue weighted by Crippen LogP contribution is -2.46. The topological polar surface area (TPSA) is 122 Å². The Morgan fingerprint density at radius 1 is 1.03 bits per heavy atom. The highest BCUT2D eigenvalue weighted by atomic mass is 19.4. The number of non-ortho nitro benzene ring substituents is 1. The third-order valence-electron chi connectivity index (χ3n) is 5.35. The fraction of sp³-hybridized carbons (Fsp3) is 0.304. The molecule has 0 unspecified atom stereocenters. The van der Waals surface area contributed by atoms with Gasteiger partial charge < -0.3 is 9.64 Å². The van der Waals surface area contributed by atoms with Gasteiger partial charge >= 0.3 is 12.2 Å². The minimum absolute atomic E-state index is 0.0671. The molecule has 1 aliphatic rings. The van der Waals surface area contributed by atoms with Gasteiger partial charge in [-0.1, -0.05) is 30.3 Å². The van der Waals surface area contributed by atoms with Crippen LogP contribution in [-0.2, 0) is 6.54 Å². The number of hydrogen-bond donors (Lipinski definition) is 1. The number of halogens is 3. The summed E-state index contributed by atoms with van der Waals surface area (Å²) in [7, 11) is 0. The Kier molecular flexibility index (Phi) is 8.08. The molecular formula is C23H23F3N8O3. The van der Waals surface area contributed by atoms with Gasteiger partial charge in [-0.15, -0.1) is 0 Å². The maximum atomic E-state index is 12.7. The Balaban J connectivity index is 1.44. The number of nitro benzene ring substituents is 1. The van der Waals surface area contributed by atoms with Crippen LogP contribution in [0.3, 0.4) is 0 Å². The van der Waals surface area contributed by atoms with E-state index in [0.717, 1.165) is 6.54 Å². The third kappa shape index (κ3) is 7.83. The minimum Gasteiger partial charge on any atom is -0.454 e. The van der Waals surface area contributed by atoms with E-state index in [-0.39, 0.29) is 17.6 Å². The monoisotopic (exact) mass is 516 g/mol. The van der Waals surface area contributed by atoms with Crippen LogP contribution in [0.2, 0.25) is 0 Å². The van der Waals surface area contributed by atoms with Gasteiger partial charge in [0, 0.05) is 44.9 Å². The summed E-state index contributed by atoms with van der Waals surface area (Å²) in [6.45, 7) is 1.77. The van der Waals surface area contributed by atoms with Crippen molar-refractivity contribution in [1.29, 1.82) is 0 Å². The molecule has 1 N–H and O–H groups in total. The lowest BCUT2D eigenvalue weighted by atomic mass is 10.2. The Labute approximate surface area is 209 Å². The second-order valence-corrected chi connectivity index (χ2v) is 8.11. The van der Waals surface area contributed by atoms with Gasteiger partial charge in [-0.2, -0.15) is 33.2 Å². The highest BCUT2D eigenvalue weighted by Crippen LogP contribution is 2.21. The summed E-state index contributed by atoms with van der Waals surface area (Å²) in [5, 5.41) is 14.7. The number of nitrogens with one attached hydrogen (secondary N) is 1. The molecule has 3 aromatic rings. The standard InChI is InChI=1S/C23H23F3N8O3/c24-23(25,26)16-37-22-29-20(31-27-14-17-6-8-19(9-7-17)34(35)36)28-21(30-22)33-12-10-32(11-13-33)15-18-4-2-1-3-5-18/h1-9,14H,10-13,15-16H2,(H,28,29,30,31)/b27-14-. The van der Waals surface area contributed by atoms with Crippen LogP contribution in [-0.4, -0.2) is 70.0 Å². The summed E-state index contributed by atoms with van der Waals surface area (Å²) in [4.78, 5) is 26.6. The van der Waals surface area contributed by atoms with Gasteiger partial charge in [-0.25, -0.2) is 5.43 Å². The maximum Gasteiger partial charge on any atom is 0.422 e. The molecule has 1 aromatic heterocycles. The highest BCUT2D eigenvalue weighted by Gasteiger charge is 2.29. The number of piperazine rings is 1. The normalized spacial score (nSPS) is 14.6. The fourth-order valence-electron chi connectivity index (χ4n) is 3.54. The summed E-state index contributed by atoms with van der Waals surface area (Å²) in [6.07, 6.45) is -3.19. The zero-order valence-corrected chi connectivity index (χ0v) is 19.5. The van der Waals surface area contributed by atoms with Crippen LogP contribution in [0.25, 0.3) is 0 Å². The third-order valence-corrected chi connectivity index (χ3v) is 5.35. The maximum absolute atomic E-state index is 12.7. The molecule has 0 radical (unpaired) electrons. The molecule has 2 aromatic carbocycles. The Bertz CT molecular complexity index is 1220. The van der Waals surface area contributed by atoms with Gasteiger partial charge in [0.05, 0.1) is 11.1 Å². The number of nitrogens with zero attached hydrogens (tertiary/aromatic N) is 7. The van der Waals surface area contributed by atoms with Crippen LogP contribution in [0.15, 0.2) is 59.7 Å². The number of benzene rings is 2. The number of nitro groups is 1. The molecule has 37 heavy (non-hydrogen) atoms. The van der Waals surface area contributed by atoms with Crippen LogP contribution in [0.4, 0.5) is 30.8 Å². The summed E-state index contributed by atoms with van der Waals surface area (Å²) in [5.74, 6) is 0.0617. The van der Waals surface area contributed by atoms with E-state index in [1.807, 2.05) is 23.1 Å². The molecule has 14 heteroatoms. The molecule has 0 aliphatic carbocycles. The molecule has 0 atom stereocenters. The summed E-state index contributed by atoms with van der Waals surface area (Å²) >= 11 is 0. The molecule has 11 nitrogen and oxygen atoms in total. The van der Waals surface area contributed by atoms with Crippen molar-refractivity contribution in [3.63, 3.8) is 0 Å². The van der Waals surface area contributed by atoms with Crippen molar-refractivity contribution in [2.24, 2.45) is 5.10 Å². The molecule has 0 saturated carbocycles. The predicted molar refractivity (Wildman–Crippen MR) is 130 cm³/mol. The first kappa shape index (κ1) is 25.8. The number of aromatic nitrogens is 3. The van der Waals surface area contributed by atoms with Gasteiger partial charge in [0.25, 0.3) is 11.6 Å². The number of anilines is 2. The van der Waals surface area contributed by atoms with Gasteiger partial charge in [0.2, 0.25) is 5.95 Å². The second kappa shape index (κ2) is 11.6. The van der Waals surface area contributed by atoms with Crippen molar-refractivity contribution >= 4 is 23.8 Å². The van der Waals surface area contributed by atoms with E-state index < -0.39 is 23.7 Å². The first-order chi connectivity index (χ1) is 17.7. The molecule has 1 saturated heterocycles. The molecule has 0 amide bonds. The molecule has 0 bridgehead atoms. The summed E-state index contributed by atoms with van der Waals surface area (Å²) < 4.78 is 42.8. The predicted octanol–water partition coefficient (Wildman–Crippen LogP) is 3.49. The zero-order valence-electron chi connectivity index (χ0n) is 19.5. The largest absolute Gasteiger partial charge is 0.454 e. The van der Waals surface area contributed by atoms with Gasteiger partial charge in [-0.3, -0.25) is 15.0 Å². The van der Waals surface area contributed by atoms with Crippen molar-refractivity contribution in [2.75, 3.05) is 43.1 Å². The van der Waals surface area contributed by atoms with E-state index >= 15 is 0 Å².